The molecule has 26 heavy (non-hydrogen) atoms. The molecule has 0 N–H and O–H groups in total. The predicted octanol–water partition coefficient (Wildman–Crippen LogP) is 3.71. The Bertz CT molecular complexity index is 903. The zero-order chi connectivity index (χ0) is 18.7. The minimum absolute atomic E-state index is 0.153. The van der Waals surface area contributed by atoms with E-state index in [0.29, 0.717) is 33.4 Å². The number of carbonyl (C=O) groups is 1. The van der Waals surface area contributed by atoms with Crippen molar-refractivity contribution in [2.75, 3.05) is 21.3 Å². The topological polar surface area (TPSA) is 66.3 Å². The molecule has 1 aliphatic heterocycles. The minimum atomic E-state index is -0.549. The van der Waals surface area contributed by atoms with Gasteiger partial charge in [-0.2, -0.15) is 0 Å². The number of hydrogen-bond acceptors (Lipinski definition) is 6. The van der Waals surface area contributed by atoms with Gasteiger partial charge in [0.1, 0.15) is 5.75 Å². The van der Waals surface area contributed by atoms with Gasteiger partial charge in [0.15, 0.2) is 17.2 Å². The molecule has 3 rings (SSSR count). The van der Waals surface area contributed by atoms with Crippen LogP contribution in [0, 0.1) is 0 Å². The van der Waals surface area contributed by atoms with Crippen LogP contribution < -0.4 is 14.2 Å². The third-order valence-electron chi connectivity index (χ3n) is 3.74. The molecular weight excluding hydrogens is 358 g/mol. The first-order chi connectivity index (χ1) is 12.5. The molecule has 0 spiro atoms. The summed E-state index contributed by atoms with van der Waals surface area (Å²) in [7, 11) is 4.59. The van der Waals surface area contributed by atoms with Crippen LogP contribution in [0.25, 0.3) is 6.08 Å². The van der Waals surface area contributed by atoms with Crippen molar-refractivity contribution in [3.8, 4) is 17.2 Å². The van der Waals surface area contributed by atoms with E-state index < -0.39 is 5.97 Å². The summed E-state index contributed by atoms with van der Waals surface area (Å²) in [6.07, 6.45) is 1.58. The fourth-order valence-electron chi connectivity index (χ4n) is 2.44. The Morgan fingerprint density at radius 2 is 1.58 bits per heavy atom. The fourth-order valence-corrected chi connectivity index (χ4v) is 2.56. The average Bonchev–Trinajstić information content (AvgIpc) is 3.02. The molecule has 7 heteroatoms. The van der Waals surface area contributed by atoms with Crippen LogP contribution in [0.2, 0.25) is 5.02 Å². The Balaban J connectivity index is 2.01. The fraction of sp³-hybridized carbons (Fsp3) is 0.158. The van der Waals surface area contributed by atoms with Gasteiger partial charge in [-0.1, -0.05) is 11.6 Å². The maximum atomic E-state index is 12.2. The summed E-state index contributed by atoms with van der Waals surface area (Å²) in [5.41, 5.74) is 1.42. The van der Waals surface area contributed by atoms with Gasteiger partial charge in [-0.25, -0.2) is 9.79 Å². The first-order valence-electron chi connectivity index (χ1n) is 7.64. The second-order valence-corrected chi connectivity index (χ2v) is 5.73. The molecule has 134 valence electrons. The number of benzene rings is 2. The van der Waals surface area contributed by atoms with Gasteiger partial charge in [0.2, 0.25) is 5.90 Å². The zero-order valence-electron chi connectivity index (χ0n) is 14.4. The van der Waals surface area contributed by atoms with Crippen molar-refractivity contribution in [2.24, 2.45) is 4.99 Å². The van der Waals surface area contributed by atoms with Crippen molar-refractivity contribution >= 4 is 29.5 Å². The van der Waals surface area contributed by atoms with E-state index in [-0.39, 0.29) is 11.6 Å². The zero-order valence-corrected chi connectivity index (χ0v) is 15.2. The maximum absolute atomic E-state index is 12.2. The van der Waals surface area contributed by atoms with Gasteiger partial charge < -0.3 is 18.9 Å². The molecule has 6 nitrogen and oxygen atoms in total. The van der Waals surface area contributed by atoms with Crippen molar-refractivity contribution in [3.05, 3.63) is 58.2 Å². The van der Waals surface area contributed by atoms with E-state index in [1.165, 1.54) is 21.3 Å². The Morgan fingerprint density at radius 1 is 0.962 bits per heavy atom. The van der Waals surface area contributed by atoms with Crippen LogP contribution in [0.3, 0.4) is 0 Å². The number of rotatable bonds is 5. The van der Waals surface area contributed by atoms with Gasteiger partial charge in [-0.15, -0.1) is 0 Å². The van der Waals surface area contributed by atoms with Crippen LogP contribution in [0.15, 0.2) is 47.1 Å². The summed E-state index contributed by atoms with van der Waals surface area (Å²) in [6, 6.07) is 10.2. The highest BCUT2D eigenvalue weighted by Gasteiger charge is 2.25. The highest BCUT2D eigenvalue weighted by atomic mass is 35.5. The molecule has 0 unspecified atom stereocenters. The van der Waals surface area contributed by atoms with Gasteiger partial charge in [0, 0.05) is 22.2 Å². The number of ether oxygens (including phenoxy) is 4. The Labute approximate surface area is 155 Å². The summed E-state index contributed by atoms with van der Waals surface area (Å²) in [5, 5.41) is 0.588. The molecule has 0 bridgehead atoms. The summed E-state index contributed by atoms with van der Waals surface area (Å²) >= 11 is 5.87. The Morgan fingerprint density at radius 3 is 2.19 bits per heavy atom. The number of carbonyl (C=O) groups excluding carboxylic acids is 1. The van der Waals surface area contributed by atoms with Crippen molar-refractivity contribution in [2.45, 2.75) is 0 Å². The molecule has 0 atom stereocenters. The van der Waals surface area contributed by atoms with Gasteiger partial charge in [0.25, 0.3) is 0 Å². The second-order valence-electron chi connectivity index (χ2n) is 5.29. The lowest BCUT2D eigenvalue weighted by Gasteiger charge is -2.12. The van der Waals surface area contributed by atoms with E-state index >= 15 is 0 Å². The van der Waals surface area contributed by atoms with E-state index in [4.69, 9.17) is 30.5 Å². The third kappa shape index (κ3) is 3.50. The van der Waals surface area contributed by atoms with Crippen molar-refractivity contribution in [1.29, 1.82) is 0 Å². The number of methoxy groups -OCH3 is 3. The maximum Gasteiger partial charge on any atom is 0.363 e. The lowest BCUT2D eigenvalue weighted by molar-refractivity contribution is -0.129. The van der Waals surface area contributed by atoms with Crippen LogP contribution in [0.1, 0.15) is 11.1 Å². The smallest absolute Gasteiger partial charge is 0.363 e. The highest BCUT2D eigenvalue weighted by molar-refractivity contribution is 6.30. The van der Waals surface area contributed by atoms with E-state index in [2.05, 4.69) is 4.99 Å². The Kier molecular flexibility index (Phi) is 5.14. The van der Waals surface area contributed by atoms with E-state index in [9.17, 15) is 4.79 Å². The van der Waals surface area contributed by atoms with Gasteiger partial charge in [-0.3, -0.25) is 0 Å². The molecule has 1 aliphatic rings. The lowest BCUT2D eigenvalue weighted by atomic mass is 10.1. The molecule has 2 aromatic carbocycles. The van der Waals surface area contributed by atoms with Crippen molar-refractivity contribution < 1.29 is 23.7 Å². The first-order valence-corrected chi connectivity index (χ1v) is 8.02. The van der Waals surface area contributed by atoms with Crippen LogP contribution in [0.4, 0.5) is 0 Å². The standard InChI is InChI=1S/C19H16ClNO5/c1-23-15-10-17(25-3)16(24-2)9-12(15)8-14-19(22)26-18(21-14)11-4-6-13(20)7-5-11/h4-10H,1-3H3/b14-8-. The van der Waals surface area contributed by atoms with Crippen molar-refractivity contribution in [1.82, 2.24) is 0 Å². The quantitative estimate of drug-likeness (QED) is 0.590. The van der Waals surface area contributed by atoms with Gasteiger partial charge in [-0.05, 0) is 36.4 Å². The minimum Gasteiger partial charge on any atom is -0.496 e. The normalized spacial score (nSPS) is 14.8. The van der Waals surface area contributed by atoms with Crippen LogP contribution in [0.5, 0.6) is 17.2 Å². The number of aliphatic imine (C=N–C) groups is 1. The van der Waals surface area contributed by atoms with Crippen LogP contribution in [-0.2, 0) is 9.53 Å². The predicted molar refractivity (Wildman–Crippen MR) is 98.2 cm³/mol. The number of halogens is 1. The molecule has 0 aliphatic carbocycles. The molecular formula is C19H16ClNO5. The summed E-state index contributed by atoms with van der Waals surface area (Å²) in [4.78, 5) is 16.5. The number of cyclic esters (lactones) is 1. The molecule has 0 radical (unpaired) electrons. The molecule has 0 saturated carbocycles. The molecule has 1 heterocycles. The highest BCUT2D eigenvalue weighted by Crippen LogP contribution is 2.36. The third-order valence-corrected chi connectivity index (χ3v) is 3.99. The second kappa shape index (κ2) is 7.49. The van der Waals surface area contributed by atoms with Crippen LogP contribution >= 0.6 is 11.6 Å². The average molecular weight is 374 g/mol. The summed E-state index contributed by atoms with van der Waals surface area (Å²) in [5.74, 6) is 1.21. The molecule has 0 aromatic heterocycles. The number of nitrogens with zero attached hydrogens (tertiary/aromatic N) is 1. The number of esters is 1. The summed E-state index contributed by atoms with van der Waals surface area (Å²) in [6.45, 7) is 0. The van der Waals surface area contributed by atoms with E-state index in [0.717, 1.165) is 0 Å². The largest absolute Gasteiger partial charge is 0.496 e. The van der Waals surface area contributed by atoms with Gasteiger partial charge in [0.05, 0.1) is 21.3 Å². The van der Waals surface area contributed by atoms with E-state index in [1.807, 2.05) is 0 Å². The van der Waals surface area contributed by atoms with Crippen LogP contribution in [-0.4, -0.2) is 33.2 Å². The van der Waals surface area contributed by atoms with Gasteiger partial charge >= 0.3 is 5.97 Å². The molecule has 0 amide bonds. The van der Waals surface area contributed by atoms with E-state index in [1.54, 1.807) is 42.5 Å². The first kappa shape index (κ1) is 17.8. The SMILES string of the molecule is COc1cc(OC)c(OC)cc1/C=C1\N=C(c2ccc(Cl)cc2)OC1=O. The van der Waals surface area contributed by atoms with Crippen molar-refractivity contribution in [3.63, 3.8) is 0 Å². The Hall–Kier alpha value is -2.99. The lowest BCUT2D eigenvalue weighted by Crippen LogP contribution is -2.05. The molecule has 0 saturated heterocycles. The summed E-state index contributed by atoms with van der Waals surface area (Å²) < 4.78 is 21.2. The molecule has 0 fully saturated rings. The molecule has 2 aromatic rings. The monoisotopic (exact) mass is 373 g/mol. The number of hydrogen-bond donors (Lipinski definition) is 0.